The van der Waals surface area contributed by atoms with Crippen LogP contribution in [0.4, 0.5) is 0 Å². The van der Waals surface area contributed by atoms with Gasteiger partial charge in [0, 0.05) is 12.3 Å². The molecule has 3 fully saturated rings. The maximum Gasteiger partial charge on any atom is 0.155 e. The summed E-state index contributed by atoms with van der Waals surface area (Å²) in [6.07, 6.45) is 19.8. The van der Waals surface area contributed by atoms with Gasteiger partial charge in [-0.2, -0.15) is 0 Å². The van der Waals surface area contributed by atoms with Crippen LogP contribution in [0.1, 0.15) is 118 Å². The number of hydrogen-bond donors (Lipinski definition) is 0. The van der Waals surface area contributed by atoms with Crippen LogP contribution in [0.2, 0.25) is 0 Å². The summed E-state index contributed by atoms with van der Waals surface area (Å²) in [5, 5.41) is 0. The topological polar surface area (TPSA) is 34.1 Å². The fourth-order valence-electron chi connectivity index (χ4n) is 8.78. The monoisotopic (exact) mass is 426 g/mol. The molecular formula is C29H46O2. The highest BCUT2D eigenvalue weighted by atomic mass is 16.1. The van der Waals surface area contributed by atoms with Gasteiger partial charge in [-0.1, -0.05) is 59.3 Å². The van der Waals surface area contributed by atoms with E-state index in [-0.39, 0.29) is 17.1 Å². The Kier molecular flexibility index (Phi) is 6.86. The van der Waals surface area contributed by atoms with Crippen LogP contribution in [0, 0.1) is 40.4 Å². The van der Waals surface area contributed by atoms with Gasteiger partial charge in [-0.15, -0.1) is 0 Å². The molecule has 7 atom stereocenters. The number of hydrogen-bond acceptors (Lipinski definition) is 2. The molecule has 0 N–H and O–H groups in total. The first-order valence-corrected chi connectivity index (χ1v) is 13.6. The Hall–Kier alpha value is -0.920. The quantitative estimate of drug-likeness (QED) is 0.373. The summed E-state index contributed by atoms with van der Waals surface area (Å²) in [6.45, 7) is 9.08. The number of allylic oxidation sites excluding steroid dienone is 1. The molecule has 4 aliphatic carbocycles. The number of rotatable bonds is 8. The lowest BCUT2D eigenvalue weighted by atomic mass is 9.44. The standard InChI is InChI=1S/C29H46O2/c1-5-6-7-8-9-10-11-21-12-13-25-24-19-23(20(2)30)27-18-22(31)14-16-29(27,4)26(24)15-17-28(21,25)3/h18,21,23-26H,5-17,19H2,1-4H3/t21-,23-,24?,25?,26?,28+,29+/m0/s1. The molecule has 0 amide bonds. The molecule has 4 aliphatic rings. The number of fused-ring (bicyclic) bond motifs is 5. The van der Waals surface area contributed by atoms with E-state index in [4.69, 9.17) is 0 Å². The third kappa shape index (κ3) is 4.10. The molecule has 3 unspecified atom stereocenters. The molecule has 0 saturated heterocycles. The Bertz CT molecular complexity index is 720. The number of carbonyl (C=O) groups excluding carboxylic acids is 2. The van der Waals surface area contributed by atoms with Crippen molar-refractivity contribution in [3.05, 3.63) is 11.6 Å². The van der Waals surface area contributed by atoms with Crippen molar-refractivity contribution in [2.24, 2.45) is 40.4 Å². The van der Waals surface area contributed by atoms with Crippen molar-refractivity contribution in [1.29, 1.82) is 0 Å². The minimum atomic E-state index is -0.00420. The molecule has 0 spiro atoms. The minimum absolute atomic E-state index is 0.00420. The fourth-order valence-corrected chi connectivity index (χ4v) is 8.78. The molecule has 0 aliphatic heterocycles. The van der Waals surface area contributed by atoms with E-state index in [1.807, 2.05) is 6.08 Å². The highest BCUT2D eigenvalue weighted by Crippen LogP contribution is 2.68. The van der Waals surface area contributed by atoms with E-state index in [2.05, 4.69) is 20.8 Å². The lowest BCUT2D eigenvalue weighted by Crippen LogP contribution is -2.53. The molecule has 0 aromatic rings. The van der Waals surface area contributed by atoms with Crippen molar-refractivity contribution in [3.8, 4) is 0 Å². The molecule has 0 bridgehead atoms. The zero-order chi connectivity index (χ0) is 22.2. The van der Waals surface area contributed by atoms with E-state index in [1.54, 1.807) is 6.92 Å². The largest absolute Gasteiger partial charge is 0.299 e. The number of Topliss-reactive ketones (excluding diaryl/α,β-unsaturated/α-hetero) is 1. The first-order valence-electron chi connectivity index (χ1n) is 13.6. The summed E-state index contributed by atoms with van der Waals surface area (Å²) >= 11 is 0. The van der Waals surface area contributed by atoms with Gasteiger partial charge < -0.3 is 0 Å². The van der Waals surface area contributed by atoms with Crippen molar-refractivity contribution in [3.63, 3.8) is 0 Å². The van der Waals surface area contributed by atoms with Gasteiger partial charge in [0.05, 0.1) is 0 Å². The molecule has 0 aromatic heterocycles. The normalized spacial score (nSPS) is 41.9. The summed E-state index contributed by atoms with van der Waals surface area (Å²) in [4.78, 5) is 25.0. The number of ketones is 2. The first-order chi connectivity index (χ1) is 14.8. The van der Waals surface area contributed by atoms with Gasteiger partial charge >= 0.3 is 0 Å². The van der Waals surface area contributed by atoms with Crippen LogP contribution in [-0.2, 0) is 9.59 Å². The lowest BCUT2D eigenvalue weighted by molar-refractivity contribution is -0.127. The predicted octanol–water partition coefficient (Wildman–Crippen LogP) is 7.70. The molecule has 3 saturated carbocycles. The van der Waals surface area contributed by atoms with Crippen molar-refractivity contribution in [2.45, 2.75) is 118 Å². The van der Waals surface area contributed by atoms with Crippen molar-refractivity contribution < 1.29 is 9.59 Å². The van der Waals surface area contributed by atoms with Crippen LogP contribution in [0.15, 0.2) is 11.6 Å². The summed E-state index contributed by atoms with van der Waals surface area (Å²) in [7, 11) is 0. The second-order valence-electron chi connectivity index (χ2n) is 12.1. The van der Waals surface area contributed by atoms with Gasteiger partial charge in [0.25, 0.3) is 0 Å². The van der Waals surface area contributed by atoms with Crippen LogP contribution in [0.5, 0.6) is 0 Å². The van der Waals surface area contributed by atoms with Crippen LogP contribution >= 0.6 is 0 Å². The van der Waals surface area contributed by atoms with Crippen molar-refractivity contribution in [1.82, 2.24) is 0 Å². The molecule has 0 heterocycles. The van der Waals surface area contributed by atoms with E-state index in [9.17, 15) is 9.59 Å². The average molecular weight is 427 g/mol. The fraction of sp³-hybridized carbons (Fsp3) is 0.862. The number of unbranched alkanes of at least 4 members (excludes halogenated alkanes) is 5. The van der Waals surface area contributed by atoms with Gasteiger partial charge in [-0.25, -0.2) is 0 Å². The maximum absolute atomic E-state index is 12.7. The molecule has 0 aromatic carbocycles. The Morgan fingerprint density at radius 2 is 1.74 bits per heavy atom. The summed E-state index contributed by atoms with van der Waals surface area (Å²) in [5.74, 6) is 3.56. The Morgan fingerprint density at radius 1 is 1.00 bits per heavy atom. The van der Waals surface area contributed by atoms with E-state index in [1.165, 1.54) is 76.2 Å². The van der Waals surface area contributed by atoms with E-state index in [0.717, 1.165) is 24.7 Å². The summed E-state index contributed by atoms with van der Waals surface area (Å²) in [6, 6.07) is 0. The van der Waals surface area contributed by atoms with E-state index >= 15 is 0 Å². The van der Waals surface area contributed by atoms with E-state index < -0.39 is 0 Å². The second kappa shape index (κ2) is 9.14. The molecule has 2 nitrogen and oxygen atoms in total. The highest BCUT2D eigenvalue weighted by molar-refractivity contribution is 5.94. The van der Waals surface area contributed by atoms with Crippen LogP contribution in [0.3, 0.4) is 0 Å². The minimum Gasteiger partial charge on any atom is -0.299 e. The zero-order valence-electron chi connectivity index (χ0n) is 20.7. The Morgan fingerprint density at radius 3 is 2.48 bits per heavy atom. The van der Waals surface area contributed by atoms with Gasteiger partial charge in [-0.05, 0) is 98.0 Å². The third-order valence-electron chi connectivity index (χ3n) is 10.6. The van der Waals surface area contributed by atoms with Gasteiger partial charge in [-0.3, -0.25) is 9.59 Å². The highest BCUT2D eigenvalue weighted by Gasteiger charge is 2.60. The van der Waals surface area contributed by atoms with Gasteiger partial charge in [0.15, 0.2) is 5.78 Å². The first kappa shape index (κ1) is 23.2. The molecular weight excluding hydrogens is 380 g/mol. The van der Waals surface area contributed by atoms with Crippen molar-refractivity contribution >= 4 is 11.6 Å². The molecule has 31 heavy (non-hydrogen) atoms. The lowest BCUT2D eigenvalue weighted by Gasteiger charge is -2.59. The van der Waals surface area contributed by atoms with Crippen LogP contribution in [-0.4, -0.2) is 11.6 Å². The average Bonchev–Trinajstić information content (AvgIpc) is 3.07. The van der Waals surface area contributed by atoms with Gasteiger partial charge in [0.1, 0.15) is 5.78 Å². The molecule has 2 heteroatoms. The maximum atomic E-state index is 12.7. The SMILES string of the molecule is CCCCCCCC[C@H]1CCC2C3C[C@@H](C(C)=O)C4=CC(=O)CC[C@]4(C)C3CC[C@@]21C. The molecule has 174 valence electrons. The van der Waals surface area contributed by atoms with Gasteiger partial charge in [0.2, 0.25) is 0 Å². The smallest absolute Gasteiger partial charge is 0.155 e. The zero-order valence-corrected chi connectivity index (χ0v) is 20.7. The molecule has 0 radical (unpaired) electrons. The number of carbonyl (C=O) groups is 2. The second-order valence-corrected chi connectivity index (χ2v) is 12.1. The van der Waals surface area contributed by atoms with E-state index in [0.29, 0.717) is 29.5 Å². The van der Waals surface area contributed by atoms with Crippen LogP contribution in [0.25, 0.3) is 0 Å². The summed E-state index contributed by atoms with van der Waals surface area (Å²) in [5.41, 5.74) is 1.77. The molecule has 4 rings (SSSR count). The summed E-state index contributed by atoms with van der Waals surface area (Å²) < 4.78 is 0. The van der Waals surface area contributed by atoms with Crippen molar-refractivity contribution in [2.75, 3.05) is 0 Å². The predicted molar refractivity (Wildman–Crippen MR) is 128 cm³/mol. The Balaban J connectivity index is 1.49. The van der Waals surface area contributed by atoms with Crippen LogP contribution < -0.4 is 0 Å². The Labute approximate surface area is 191 Å². The third-order valence-corrected chi connectivity index (χ3v) is 10.6.